The van der Waals surface area contributed by atoms with E-state index in [2.05, 4.69) is 10.3 Å². The van der Waals surface area contributed by atoms with Gasteiger partial charge in [0.15, 0.2) is 0 Å². The molecule has 7 nitrogen and oxygen atoms in total. The maximum Gasteiger partial charge on any atom is 0.230 e. The smallest absolute Gasteiger partial charge is 0.230 e. The average Bonchev–Trinajstić information content (AvgIpc) is 3.08. The molecule has 7 heteroatoms. The molecular formula is C21H22N2O5. The van der Waals surface area contributed by atoms with Gasteiger partial charge in [0.25, 0.3) is 0 Å². The van der Waals surface area contributed by atoms with Gasteiger partial charge in [-0.3, -0.25) is 4.79 Å². The molecule has 1 amide bonds. The summed E-state index contributed by atoms with van der Waals surface area (Å²) in [5.74, 6) is 2.68. The van der Waals surface area contributed by atoms with Crippen LogP contribution in [0.3, 0.4) is 0 Å². The van der Waals surface area contributed by atoms with Crippen molar-refractivity contribution in [1.29, 1.82) is 0 Å². The molecule has 1 heterocycles. The van der Waals surface area contributed by atoms with Crippen molar-refractivity contribution in [2.45, 2.75) is 13.3 Å². The quantitative estimate of drug-likeness (QED) is 0.668. The first kappa shape index (κ1) is 19.3. The number of nitrogens with one attached hydrogen (secondary N) is 1. The third kappa shape index (κ3) is 4.25. The van der Waals surface area contributed by atoms with Gasteiger partial charge >= 0.3 is 0 Å². The van der Waals surface area contributed by atoms with Crippen LogP contribution < -0.4 is 19.5 Å². The van der Waals surface area contributed by atoms with Crippen molar-refractivity contribution >= 4 is 11.6 Å². The summed E-state index contributed by atoms with van der Waals surface area (Å²) in [6.45, 7) is 1.78. The zero-order chi connectivity index (χ0) is 20.1. The Kier molecular flexibility index (Phi) is 5.84. The summed E-state index contributed by atoms with van der Waals surface area (Å²) < 4.78 is 21.4. The highest BCUT2D eigenvalue weighted by atomic mass is 16.5. The Balaban J connectivity index is 1.75. The van der Waals surface area contributed by atoms with E-state index in [1.807, 2.05) is 24.3 Å². The molecule has 28 heavy (non-hydrogen) atoms. The van der Waals surface area contributed by atoms with Crippen LogP contribution >= 0.6 is 0 Å². The molecule has 0 fully saturated rings. The summed E-state index contributed by atoms with van der Waals surface area (Å²) in [6.07, 6.45) is 0.0779. The van der Waals surface area contributed by atoms with Gasteiger partial charge in [-0.2, -0.15) is 0 Å². The van der Waals surface area contributed by atoms with Crippen LogP contribution in [-0.2, 0) is 11.2 Å². The Bertz CT molecular complexity index is 981. The molecule has 0 saturated heterocycles. The van der Waals surface area contributed by atoms with Crippen molar-refractivity contribution in [3.8, 4) is 28.7 Å². The Morgan fingerprint density at radius 2 is 1.79 bits per heavy atom. The predicted octanol–water partition coefficient (Wildman–Crippen LogP) is 3.86. The van der Waals surface area contributed by atoms with Crippen LogP contribution in [0.25, 0.3) is 11.5 Å². The van der Waals surface area contributed by atoms with Gasteiger partial charge < -0.3 is 23.9 Å². The topological polar surface area (TPSA) is 82.8 Å². The van der Waals surface area contributed by atoms with Crippen LogP contribution in [0, 0.1) is 6.92 Å². The number of rotatable bonds is 7. The molecular weight excluding hydrogens is 360 g/mol. The largest absolute Gasteiger partial charge is 0.497 e. The van der Waals surface area contributed by atoms with Gasteiger partial charge in [-0.1, -0.05) is 6.07 Å². The minimum absolute atomic E-state index is 0.0779. The fourth-order valence-corrected chi connectivity index (χ4v) is 2.72. The first-order valence-corrected chi connectivity index (χ1v) is 8.66. The highest BCUT2D eigenvalue weighted by molar-refractivity contribution is 5.93. The van der Waals surface area contributed by atoms with Gasteiger partial charge in [0.1, 0.15) is 23.0 Å². The molecule has 0 bridgehead atoms. The van der Waals surface area contributed by atoms with E-state index in [0.717, 1.165) is 5.56 Å². The number of hydrogen-bond donors (Lipinski definition) is 1. The SMILES string of the molecule is COc1cccc(-c2nc(CC(=O)Nc3ccc(OC)cc3OC)c(C)o2)c1. The summed E-state index contributed by atoms with van der Waals surface area (Å²) in [7, 11) is 4.70. The molecule has 2 aromatic carbocycles. The number of ether oxygens (including phenoxy) is 3. The lowest BCUT2D eigenvalue weighted by atomic mass is 10.2. The van der Waals surface area contributed by atoms with Crippen LogP contribution in [0.2, 0.25) is 0 Å². The number of methoxy groups -OCH3 is 3. The minimum atomic E-state index is -0.225. The minimum Gasteiger partial charge on any atom is -0.497 e. The summed E-state index contributed by atoms with van der Waals surface area (Å²) in [4.78, 5) is 17.0. The number of anilines is 1. The molecule has 146 valence electrons. The van der Waals surface area contributed by atoms with E-state index < -0.39 is 0 Å². The molecule has 3 aromatic rings. The summed E-state index contributed by atoms with van der Waals surface area (Å²) in [5.41, 5.74) is 1.91. The lowest BCUT2D eigenvalue weighted by Gasteiger charge is -2.11. The predicted molar refractivity (Wildman–Crippen MR) is 105 cm³/mol. The molecule has 0 atom stereocenters. The number of hydrogen-bond acceptors (Lipinski definition) is 6. The molecule has 0 saturated carbocycles. The summed E-state index contributed by atoms with van der Waals surface area (Å²) in [6, 6.07) is 12.6. The van der Waals surface area contributed by atoms with Crippen LogP contribution in [-0.4, -0.2) is 32.2 Å². The van der Waals surface area contributed by atoms with E-state index >= 15 is 0 Å². The number of aromatic nitrogens is 1. The van der Waals surface area contributed by atoms with Crippen molar-refractivity contribution in [2.24, 2.45) is 0 Å². The monoisotopic (exact) mass is 382 g/mol. The molecule has 3 rings (SSSR count). The molecule has 1 N–H and O–H groups in total. The second-order valence-corrected chi connectivity index (χ2v) is 6.05. The van der Waals surface area contributed by atoms with E-state index in [-0.39, 0.29) is 12.3 Å². The normalized spacial score (nSPS) is 10.4. The number of amides is 1. The molecule has 0 radical (unpaired) electrons. The molecule has 0 aliphatic rings. The molecule has 1 aromatic heterocycles. The van der Waals surface area contributed by atoms with E-state index in [4.69, 9.17) is 18.6 Å². The number of benzene rings is 2. The second-order valence-electron chi connectivity index (χ2n) is 6.05. The zero-order valence-corrected chi connectivity index (χ0v) is 16.2. The second kappa shape index (κ2) is 8.47. The lowest BCUT2D eigenvalue weighted by molar-refractivity contribution is -0.115. The maximum atomic E-state index is 12.5. The van der Waals surface area contributed by atoms with Gasteiger partial charge in [0.2, 0.25) is 11.8 Å². The highest BCUT2D eigenvalue weighted by Crippen LogP contribution is 2.29. The summed E-state index contributed by atoms with van der Waals surface area (Å²) in [5, 5.41) is 2.83. The van der Waals surface area contributed by atoms with Crippen molar-refractivity contribution in [3.63, 3.8) is 0 Å². The van der Waals surface area contributed by atoms with Crippen LogP contribution in [0.4, 0.5) is 5.69 Å². The van der Waals surface area contributed by atoms with Crippen LogP contribution in [0.5, 0.6) is 17.2 Å². The Hall–Kier alpha value is -3.48. The first-order valence-electron chi connectivity index (χ1n) is 8.66. The standard InChI is InChI=1S/C21H22N2O5/c1-13-18(23-21(28-13)14-6-5-7-15(10-14)25-2)12-20(24)22-17-9-8-16(26-3)11-19(17)27-4/h5-11H,12H2,1-4H3,(H,22,24). The van der Waals surface area contributed by atoms with Crippen LogP contribution in [0.1, 0.15) is 11.5 Å². The Labute approximate surface area is 163 Å². The fraction of sp³-hybridized carbons (Fsp3) is 0.238. The third-order valence-corrected chi connectivity index (χ3v) is 4.22. The van der Waals surface area contributed by atoms with Crippen LogP contribution in [0.15, 0.2) is 46.9 Å². The number of oxazole rings is 1. The Morgan fingerprint density at radius 3 is 2.50 bits per heavy atom. The van der Waals surface area contributed by atoms with Crippen molar-refractivity contribution in [1.82, 2.24) is 4.98 Å². The third-order valence-electron chi connectivity index (χ3n) is 4.22. The molecule has 0 spiro atoms. The van der Waals surface area contributed by atoms with Gasteiger partial charge in [-0.25, -0.2) is 4.98 Å². The average molecular weight is 382 g/mol. The number of carbonyl (C=O) groups excluding carboxylic acids is 1. The lowest BCUT2D eigenvalue weighted by Crippen LogP contribution is -2.15. The van der Waals surface area contributed by atoms with Gasteiger partial charge in [-0.15, -0.1) is 0 Å². The van der Waals surface area contributed by atoms with Gasteiger partial charge in [0.05, 0.1) is 39.1 Å². The van der Waals surface area contributed by atoms with Gasteiger partial charge in [0, 0.05) is 11.6 Å². The van der Waals surface area contributed by atoms with Crippen molar-refractivity contribution < 1.29 is 23.4 Å². The van der Waals surface area contributed by atoms with E-state index in [0.29, 0.717) is 40.3 Å². The Morgan fingerprint density at radius 1 is 1.04 bits per heavy atom. The first-order chi connectivity index (χ1) is 13.5. The van der Waals surface area contributed by atoms with Gasteiger partial charge in [-0.05, 0) is 37.3 Å². The maximum absolute atomic E-state index is 12.5. The number of nitrogens with zero attached hydrogens (tertiary/aromatic N) is 1. The zero-order valence-electron chi connectivity index (χ0n) is 16.2. The molecule has 0 aliphatic carbocycles. The number of aryl methyl sites for hydroxylation is 1. The van der Waals surface area contributed by atoms with E-state index in [9.17, 15) is 4.79 Å². The van der Waals surface area contributed by atoms with E-state index in [1.54, 1.807) is 39.3 Å². The highest BCUT2D eigenvalue weighted by Gasteiger charge is 2.16. The van der Waals surface area contributed by atoms with Crippen molar-refractivity contribution in [3.05, 3.63) is 53.9 Å². The fourth-order valence-electron chi connectivity index (χ4n) is 2.72. The van der Waals surface area contributed by atoms with E-state index in [1.165, 1.54) is 7.11 Å². The molecule has 0 unspecified atom stereocenters. The summed E-state index contributed by atoms with van der Waals surface area (Å²) >= 11 is 0. The van der Waals surface area contributed by atoms with Crippen molar-refractivity contribution in [2.75, 3.05) is 26.6 Å². The molecule has 0 aliphatic heterocycles. The number of carbonyl (C=O) groups is 1.